The molecule has 0 heterocycles. The summed E-state index contributed by atoms with van der Waals surface area (Å²) >= 11 is 0. The number of phenolic OH excluding ortho intramolecular Hbond substituents is 3. The minimum Gasteiger partial charge on any atom is -0.507 e. The number of phenols is 3. The number of benzene rings is 1. The van der Waals surface area contributed by atoms with E-state index in [0.717, 1.165) is 11.6 Å². The maximum absolute atomic E-state index is 9.79. The molecule has 0 unspecified atom stereocenters. The van der Waals surface area contributed by atoms with Crippen LogP contribution in [0.4, 0.5) is 0 Å². The molecule has 0 saturated heterocycles. The molecule has 0 aliphatic heterocycles. The third-order valence-corrected chi connectivity index (χ3v) is 2.23. The van der Waals surface area contributed by atoms with Gasteiger partial charge in [-0.2, -0.15) is 0 Å². The normalized spacial score (nSPS) is 9.94. The lowest BCUT2D eigenvalue weighted by Crippen LogP contribution is -1.91. The van der Waals surface area contributed by atoms with E-state index in [-0.39, 0.29) is 23.0 Å². The summed E-state index contributed by atoms with van der Waals surface area (Å²) in [5, 5.41) is 28.8. The minimum atomic E-state index is -0.279. The molecule has 0 atom stereocenters. The average molecular weight is 224 g/mol. The highest BCUT2D eigenvalue weighted by molar-refractivity contribution is 5.60. The van der Waals surface area contributed by atoms with Crippen LogP contribution >= 0.6 is 0 Å². The SMILES string of the molecule is COc1c(O)cc(O)c(CC=C(C)C)c1O. The van der Waals surface area contributed by atoms with Crippen molar-refractivity contribution in [1.82, 2.24) is 0 Å². The van der Waals surface area contributed by atoms with E-state index in [1.165, 1.54) is 7.11 Å². The molecule has 4 heteroatoms. The van der Waals surface area contributed by atoms with Gasteiger partial charge in [-0.15, -0.1) is 0 Å². The zero-order valence-electron chi connectivity index (χ0n) is 9.61. The zero-order valence-corrected chi connectivity index (χ0v) is 9.61. The van der Waals surface area contributed by atoms with Crippen LogP contribution in [0.1, 0.15) is 19.4 Å². The largest absolute Gasteiger partial charge is 0.507 e. The highest BCUT2D eigenvalue weighted by atomic mass is 16.5. The summed E-state index contributed by atoms with van der Waals surface area (Å²) in [5.41, 5.74) is 1.42. The second-order valence-corrected chi connectivity index (χ2v) is 3.76. The van der Waals surface area contributed by atoms with Gasteiger partial charge in [0.15, 0.2) is 11.5 Å². The first-order chi connectivity index (χ1) is 7.47. The molecule has 0 spiro atoms. The van der Waals surface area contributed by atoms with Crippen LogP contribution in [0.3, 0.4) is 0 Å². The zero-order chi connectivity index (χ0) is 12.3. The molecule has 0 bridgehead atoms. The fourth-order valence-corrected chi connectivity index (χ4v) is 1.37. The first-order valence-electron chi connectivity index (χ1n) is 4.91. The van der Waals surface area contributed by atoms with Crippen molar-refractivity contribution < 1.29 is 20.1 Å². The van der Waals surface area contributed by atoms with Crippen molar-refractivity contribution in [3.05, 3.63) is 23.3 Å². The van der Waals surface area contributed by atoms with Gasteiger partial charge in [-0.3, -0.25) is 0 Å². The van der Waals surface area contributed by atoms with Crippen molar-refractivity contribution in [2.24, 2.45) is 0 Å². The van der Waals surface area contributed by atoms with Crippen LogP contribution in [-0.2, 0) is 6.42 Å². The Hall–Kier alpha value is -1.84. The first kappa shape index (κ1) is 12.2. The third kappa shape index (κ3) is 2.39. The summed E-state index contributed by atoms with van der Waals surface area (Å²) in [4.78, 5) is 0. The van der Waals surface area contributed by atoms with Gasteiger partial charge in [0.2, 0.25) is 5.75 Å². The van der Waals surface area contributed by atoms with Crippen LogP contribution < -0.4 is 4.74 Å². The summed E-state index contributed by atoms with van der Waals surface area (Å²) in [6.07, 6.45) is 2.25. The molecule has 0 aromatic heterocycles. The number of hydrogen-bond donors (Lipinski definition) is 3. The quantitative estimate of drug-likeness (QED) is 0.689. The minimum absolute atomic E-state index is 0.0186. The monoisotopic (exact) mass is 224 g/mol. The summed E-state index contributed by atoms with van der Waals surface area (Å²) < 4.78 is 4.85. The van der Waals surface area contributed by atoms with E-state index in [2.05, 4.69) is 0 Å². The third-order valence-electron chi connectivity index (χ3n) is 2.23. The molecule has 0 amide bonds. The van der Waals surface area contributed by atoms with E-state index in [1.54, 1.807) is 0 Å². The maximum Gasteiger partial charge on any atom is 0.203 e. The Labute approximate surface area is 94.4 Å². The standard InChI is InChI=1S/C12H16O4/c1-7(2)4-5-8-9(13)6-10(14)12(16-3)11(8)15/h4,6,13-15H,5H2,1-3H3. The Morgan fingerprint density at radius 3 is 2.38 bits per heavy atom. The van der Waals surface area contributed by atoms with Crippen LogP contribution in [0.25, 0.3) is 0 Å². The summed E-state index contributed by atoms with van der Waals surface area (Å²) in [7, 11) is 1.34. The summed E-state index contributed by atoms with van der Waals surface area (Å²) in [5.74, 6) is -0.667. The van der Waals surface area contributed by atoms with Crippen molar-refractivity contribution in [3.8, 4) is 23.0 Å². The molecule has 1 aromatic rings. The van der Waals surface area contributed by atoms with Crippen LogP contribution in [0, 0.1) is 0 Å². The van der Waals surface area contributed by atoms with Gasteiger partial charge in [0, 0.05) is 11.6 Å². The second kappa shape index (κ2) is 4.79. The number of aromatic hydroxyl groups is 3. The number of ether oxygens (including phenoxy) is 1. The second-order valence-electron chi connectivity index (χ2n) is 3.76. The molecule has 4 nitrogen and oxygen atoms in total. The molecule has 0 aliphatic carbocycles. The smallest absolute Gasteiger partial charge is 0.203 e. The first-order valence-corrected chi connectivity index (χ1v) is 4.91. The van der Waals surface area contributed by atoms with E-state index in [0.29, 0.717) is 12.0 Å². The fraction of sp³-hybridized carbons (Fsp3) is 0.333. The van der Waals surface area contributed by atoms with Crippen LogP contribution in [0.2, 0.25) is 0 Å². The predicted molar refractivity (Wildman–Crippen MR) is 61.1 cm³/mol. The van der Waals surface area contributed by atoms with Gasteiger partial charge in [-0.25, -0.2) is 0 Å². The molecule has 1 rings (SSSR count). The van der Waals surface area contributed by atoms with Crippen molar-refractivity contribution in [1.29, 1.82) is 0 Å². The van der Waals surface area contributed by atoms with Gasteiger partial charge in [0.25, 0.3) is 0 Å². The Morgan fingerprint density at radius 2 is 1.88 bits per heavy atom. The summed E-state index contributed by atoms with van der Waals surface area (Å²) in [6, 6.07) is 1.16. The molecule has 0 saturated carbocycles. The Kier molecular flexibility index (Phi) is 3.66. The Morgan fingerprint density at radius 1 is 1.25 bits per heavy atom. The number of allylic oxidation sites excluding steroid dienone is 2. The van der Waals surface area contributed by atoms with Crippen LogP contribution in [0.15, 0.2) is 17.7 Å². The van der Waals surface area contributed by atoms with Crippen LogP contribution in [0.5, 0.6) is 23.0 Å². The lowest BCUT2D eigenvalue weighted by Gasteiger charge is -2.11. The van der Waals surface area contributed by atoms with Gasteiger partial charge in [0.1, 0.15) is 5.75 Å². The van der Waals surface area contributed by atoms with Crippen LogP contribution in [-0.4, -0.2) is 22.4 Å². The average Bonchev–Trinajstić information content (AvgIpc) is 2.16. The summed E-state index contributed by atoms with van der Waals surface area (Å²) in [6.45, 7) is 3.84. The van der Waals surface area contributed by atoms with E-state index >= 15 is 0 Å². The van der Waals surface area contributed by atoms with Crippen molar-refractivity contribution in [3.63, 3.8) is 0 Å². The van der Waals surface area contributed by atoms with Crippen molar-refractivity contribution in [2.45, 2.75) is 20.3 Å². The molecule has 0 fully saturated rings. The highest BCUT2D eigenvalue weighted by Gasteiger charge is 2.16. The lowest BCUT2D eigenvalue weighted by atomic mass is 10.1. The number of methoxy groups -OCH3 is 1. The molecule has 88 valence electrons. The Bertz CT molecular complexity index is 418. The lowest BCUT2D eigenvalue weighted by molar-refractivity contribution is 0.337. The van der Waals surface area contributed by atoms with Gasteiger partial charge >= 0.3 is 0 Å². The molecule has 3 N–H and O–H groups in total. The topological polar surface area (TPSA) is 69.9 Å². The molecule has 0 radical (unpaired) electrons. The van der Waals surface area contributed by atoms with E-state index in [4.69, 9.17) is 4.74 Å². The molecule has 0 aliphatic rings. The van der Waals surface area contributed by atoms with Gasteiger partial charge in [-0.05, 0) is 20.3 Å². The predicted octanol–water partition coefficient (Wildman–Crippen LogP) is 2.32. The van der Waals surface area contributed by atoms with E-state index in [9.17, 15) is 15.3 Å². The van der Waals surface area contributed by atoms with E-state index in [1.807, 2.05) is 19.9 Å². The molecule has 16 heavy (non-hydrogen) atoms. The molecular weight excluding hydrogens is 208 g/mol. The Balaban J connectivity index is 3.23. The van der Waals surface area contributed by atoms with Gasteiger partial charge in [-0.1, -0.05) is 11.6 Å². The van der Waals surface area contributed by atoms with Crippen molar-refractivity contribution >= 4 is 0 Å². The maximum atomic E-state index is 9.79. The van der Waals surface area contributed by atoms with E-state index < -0.39 is 0 Å². The van der Waals surface area contributed by atoms with Crippen molar-refractivity contribution in [2.75, 3.05) is 7.11 Å². The molecular formula is C12H16O4. The fourth-order valence-electron chi connectivity index (χ4n) is 1.37. The van der Waals surface area contributed by atoms with Gasteiger partial charge in [0.05, 0.1) is 7.11 Å². The highest BCUT2D eigenvalue weighted by Crippen LogP contribution is 2.43. The molecule has 1 aromatic carbocycles. The number of hydrogen-bond acceptors (Lipinski definition) is 4. The van der Waals surface area contributed by atoms with Gasteiger partial charge < -0.3 is 20.1 Å². The number of rotatable bonds is 3.